The highest BCUT2D eigenvalue weighted by atomic mass is 32.2. The van der Waals surface area contributed by atoms with Crippen molar-refractivity contribution in [2.75, 3.05) is 38.5 Å². The molecule has 15 heteroatoms. The number of aromatic nitrogens is 1. The maximum atomic E-state index is 13.8. The molecule has 1 fully saturated rings. The van der Waals surface area contributed by atoms with Gasteiger partial charge in [-0.25, -0.2) is 9.37 Å². The molecule has 260 valence electrons. The quantitative estimate of drug-likeness (QED) is 0.169. The first kappa shape index (κ1) is 36.9. The molecule has 1 aliphatic rings. The van der Waals surface area contributed by atoms with Crippen molar-refractivity contribution in [1.82, 2.24) is 30.6 Å². The molecule has 3 aromatic rings. The Labute approximate surface area is 285 Å². The number of carbonyl (C=O) groups is 3. The largest absolute Gasteiger partial charge is 0.354 e. The van der Waals surface area contributed by atoms with Crippen molar-refractivity contribution in [3.8, 4) is 0 Å². The highest BCUT2D eigenvalue weighted by Gasteiger charge is 2.27. The molecule has 12 nitrogen and oxygen atoms in total. The van der Waals surface area contributed by atoms with E-state index in [2.05, 4.69) is 26.3 Å². The summed E-state index contributed by atoms with van der Waals surface area (Å²) in [5, 5.41) is 14.0. The van der Waals surface area contributed by atoms with Crippen molar-refractivity contribution < 1.29 is 27.2 Å². The lowest BCUT2D eigenvalue weighted by atomic mass is 10.0. The van der Waals surface area contributed by atoms with Crippen LogP contribution in [0.15, 0.2) is 53.4 Å². The summed E-state index contributed by atoms with van der Waals surface area (Å²) in [6, 6.07) is 8.45. The minimum absolute atomic E-state index is 0.0555. The van der Waals surface area contributed by atoms with Crippen LogP contribution in [-0.2, 0) is 21.4 Å². The molecular formula is C33H44FN7O5S2. The van der Waals surface area contributed by atoms with Gasteiger partial charge in [0.05, 0.1) is 29.0 Å². The molecule has 4 rings (SSSR count). The third kappa shape index (κ3) is 10.0. The number of nitrogens with one attached hydrogen (secondary N) is 4. The van der Waals surface area contributed by atoms with E-state index in [1.807, 2.05) is 12.3 Å². The number of benzene rings is 2. The van der Waals surface area contributed by atoms with Crippen molar-refractivity contribution in [2.24, 2.45) is 5.92 Å². The van der Waals surface area contributed by atoms with Crippen LogP contribution in [0.2, 0.25) is 0 Å². The number of hydrogen-bond donors (Lipinski definition) is 4. The third-order valence-electron chi connectivity index (χ3n) is 8.20. The Morgan fingerprint density at radius 2 is 1.67 bits per heavy atom. The normalized spacial score (nSPS) is 15.0. The van der Waals surface area contributed by atoms with E-state index in [0.29, 0.717) is 30.9 Å². The molecule has 3 amide bonds. The molecule has 0 spiro atoms. The average molecular weight is 702 g/mol. The molecule has 3 atom stereocenters. The first-order chi connectivity index (χ1) is 22.8. The van der Waals surface area contributed by atoms with E-state index in [4.69, 9.17) is 0 Å². The fraction of sp³-hybridized carbons (Fsp3) is 0.455. The standard InChI is InChI=1S/C33H44FN7O5S2/c1-6-30(33(44)36-17-22-7-8-22)35-18-27(16-28-19-47-20-37-28)39-32(43)25-13-24(14-29(15-25)41(5)48(45,46)40(3)4)31(42)38-21(2)23-9-11-26(34)12-10-23/h9-15,19-22,27,30,35H,6-8,16-18H2,1-5H3,(H,36,44)(H,38,42)(H,39,43)/t21-,27+,30+/m1/s1. The fourth-order valence-corrected chi connectivity index (χ4v) is 6.41. The van der Waals surface area contributed by atoms with Gasteiger partial charge in [-0.1, -0.05) is 19.1 Å². The average Bonchev–Trinajstić information content (AvgIpc) is 3.76. The van der Waals surface area contributed by atoms with E-state index in [0.717, 1.165) is 27.1 Å². The maximum absolute atomic E-state index is 13.8. The zero-order chi connectivity index (χ0) is 35.0. The number of amides is 3. The Bertz CT molecular complexity index is 1670. The molecule has 0 saturated heterocycles. The highest BCUT2D eigenvalue weighted by Crippen LogP contribution is 2.27. The summed E-state index contributed by atoms with van der Waals surface area (Å²) < 4.78 is 41.5. The zero-order valence-corrected chi connectivity index (χ0v) is 29.5. The molecule has 0 bridgehead atoms. The van der Waals surface area contributed by atoms with E-state index < -0.39 is 46.0 Å². The van der Waals surface area contributed by atoms with Gasteiger partial charge in [-0.3, -0.25) is 18.7 Å². The van der Waals surface area contributed by atoms with Gasteiger partial charge in [0, 0.05) is 63.2 Å². The Kier molecular flexibility index (Phi) is 12.7. The van der Waals surface area contributed by atoms with Gasteiger partial charge in [0.1, 0.15) is 5.82 Å². The van der Waals surface area contributed by atoms with Gasteiger partial charge in [-0.05, 0) is 68.0 Å². The minimum atomic E-state index is -3.97. The Hall–Kier alpha value is -3.92. The molecule has 1 aromatic heterocycles. The number of carbonyl (C=O) groups excluding carboxylic acids is 3. The van der Waals surface area contributed by atoms with E-state index >= 15 is 0 Å². The topological polar surface area (TPSA) is 153 Å². The summed E-state index contributed by atoms with van der Waals surface area (Å²) in [6.07, 6.45) is 3.18. The van der Waals surface area contributed by atoms with Gasteiger partial charge in [-0.15, -0.1) is 11.3 Å². The lowest BCUT2D eigenvalue weighted by molar-refractivity contribution is -0.123. The van der Waals surface area contributed by atoms with Crippen LogP contribution in [0.1, 0.15) is 71.1 Å². The van der Waals surface area contributed by atoms with E-state index in [-0.39, 0.29) is 29.3 Å². The molecular weight excluding hydrogens is 658 g/mol. The van der Waals surface area contributed by atoms with Gasteiger partial charge in [-0.2, -0.15) is 12.7 Å². The van der Waals surface area contributed by atoms with Crippen LogP contribution >= 0.6 is 11.3 Å². The van der Waals surface area contributed by atoms with Crippen LogP contribution < -0.4 is 25.6 Å². The van der Waals surface area contributed by atoms with Crippen molar-refractivity contribution in [3.63, 3.8) is 0 Å². The maximum Gasteiger partial charge on any atom is 0.303 e. The molecule has 4 N–H and O–H groups in total. The SMILES string of the molecule is CC[C@H](NC[C@H](Cc1cscn1)NC(=O)c1cc(C(=O)N[C@H](C)c2ccc(F)cc2)cc(N(C)S(=O)(=O)N(C)C)c1)C(=O)NCC1CC1. The lowest BCUT2D eigenvalue weighted by Crippen LogP contribution is -2.50. The summed E-state index contributed by atoms with van der Waals surface area (Å²) in [4.78, 5) is 44.5. The van der Waals surface area contributed by atoms with E-state index in [1.54, 1.807) is 24.6 Å². The van der Waals surface area contributed by atoms with E-state index in [1.165, 1.54) is 62.8 Å². The van der Waals surface area contributed by atoms with Crippen LogP contribution in [0.25, 0.3) is 0 Å². The first-order valence-corrected chi connectivity index (χ1v) is 18.2. The summed E-state index contributed by atoms with van der Waals surface area (Å²) in [5.41, 5.74) is 3.34. The highest BCUT2D eigenvalue weighted by molar-refractivity contribution is 7.90. The summed E-state index contributed by atoms with van der Waals surface area (Å²) >= 11 is 1.43. The minimum Gasteiger partial charge on any atom is -0.354 e. The monoisotopic (exact) mass is 701 g/mol. The summed E-state index contributed by atoms with van der Waals surface area (Å²) in [6.45, 7) is 4.56. The number of thiazole rings is 1. The predicted molar refractivity (Wildman–Crippen MR) is 185 cm³/mol. The zero-order valence-electron chi connectivity index (χ0n) is 27.8. The second-order valence-corrected chi connectivity index (χ2v) is 15.1. The second-order valence-electron chi connectivity index (χ2n) is 12.2. The van der Waals surface area contributed by atoms with Crippen LogP contribution in [-0.4, -0.2) is 81.7 Å². The smallest absolute Gasteiger partial charge is 0.303 e. The van der Waals surface area contributed by atoms with Gasteiger partial charge in [0.25, 0.3) is 11.8 Å². The molecule has 1 heterocycles. The van der Waals surface area contributed by atoms with Crippen LogP contribution in [0.4, 0.5) is 10.1 Å². The van der Waals surface area contributed by atoms with Gasteiger partial charge < -0.3 is 21.3 Å². The molecule has 48 heavy (non-hydrogen) atoms. The molecule has 1 saturated carbocycles. The number of hydrogen-bond acceptors (Lipinski definition) is 8. The predicted octanol–water partition coefficient (Wildman–Crippen LogP) is 3.25. The van der Waals surface area contributed by atoms with Crippen molar-refractivity contribution in [1.29, 1.82) is 0 Å². The van der Waals surface area contributed by atoms with Crippen molar-refractivity contribution in [2.45, 2.75) is 57.7 Å². The second kappa shape index (κ2) is 16.5. The van der Waals surface area contributed by atoms with Gasteiger partial charge >= 0.3 is 10.2 Å². The van der Waals surface area contributed by atoms with Crippen molar-refractivity contribution in [3.05, 3.63) is 81.6 Å². The first-order valence-electron chi connectivity index (χ1n) is 15.8. The Morgan fingerprint density at radius 3 is 2.23 bits per heavy atom. The molecule has 0 unspecified atom stereocenters. The Balaban J connectivity index is 1.58. The summed E-state index contributed by atoms with van der Waals surface area (Å²) in [7, 11) is 0.134. The lowest BCUT2D eigenvalue weighted by Gasteiger charge is -2.25. The van der Waals surface area contributed by atoms with Gasteiger partial charge in [0.2, 0.25) is 5.91 Å². The van der Waals surface area contributed by atoms with Crippen molar-refractivity contribution >= 4 is 45.0 Å². The molecule has 2 aromatic carbocycles. The van der Waals surface area contributed by atoms with E-state index in [9.17, 15) is 27.2 Å². The summed E-state index contributed by atoms with van der Waals surface area (Å²) in [5.74, 6) is -1.05. The molecule has 1 aliphatic carbocycles. The van der Waals surface area contributed by atoms with Gasteiger partial charge in [0.15, 0.2) is 0 Å². The molecule has 0 aliphatic heterocycles. The van der Waals surface area contributed by atoms with Crippen LogP contribution in [0.3, 0.4) is 0 Å². The number of rotatable bonds is 17. The molecule has 0 radical (unpaired) electrons. The number of nitrogens with zero attached hydrogens (tertiary/aromatic N) is 3. The Morgan fingerprint density at radius 1 is 1.02 bits per heavy atom. The fourth-order valence-electron chi connectivity index (χ4n) is 4.98. The van der Waals surface area contributed by atoms with Crippen LogP contribution in [0.5, 0.6) is 0 Å². The number of halogens is 1. The third-order valence-corrected chi connectivity index (χ3v) is 10.7. The number of anilines is 1. The van der Waals surface area contributed by atoms with Crippen LogP contribution in [0, 0.1) is 11.7 Å².